The van der Waals surface area contributed by atoms with Crippen molar-refractivity contribution in [3.8, 4) is 0 Å². The van der Waals surface area contributed by atoms with Crippen molar-refractivity contribution in [3.05, 3.63) is 42.0 Å². The standard InChI is InChI=1S/C16H17NO3/c1-9-4-2-3-5-12(9)17-15(18)13-10-6-7-11(8-10)14(13)16(19)20/h2-7,10-11,13-14H,8H2,1H3,(H,17,18)(H,19,20)/t10-,11+,13-,14-/m0/s1. The summed E-state index contributed by atoms with van der Waals surface area (Å²) in [6, 6.07) is 7.53. The number of allylic oxidation sites excluding steroid dienone is 2. The number of aliphatic carboxylic acids is 1. The smallest absolute Gasteiger partial charge is 0.307 e. The molecule has 0 heterocycles. The Morgan fingerprint density at radius 1 is 1.15 bits per heavy atom. The first-order valence-electron chi connectivity index (χ1n) is 6.85. The Labute approximate surface area is 117 Å². The van der Waals surface area contributed by atoms with Gasteiger partial charge in [0, 0.05) is 5.69 Å². The molecule has 1 saturated carbocycles. The highest BCUT2D eigenvalue weighted by Crippen LogP contribution is 2.48. The van der Waals surface area contributed by atoms with Gasteiger partial charge in [0.1, 0.15) is 0 Å². The van der Waals surface area contributed by atoms with E-state index in [0.717, 1.165) is 17.7 Å². The van der Waals surface area contributed by atoms with E-state index < -0.39 is 17.8 Å². The lowest BCUT2D eigenvalue weighted by molar-refractivity contribution is -0.146. The molecule has 1 amide bonds. The van der Waals surface area contributed by atoms with Gasteiger partial charge in [0.15, 0.2) is 0 Å². The number of anilines is 1. The second-order valence-electron chi connectivity index (χ2n) is 5.64. The third kappa shape index (κ3) is 2.01. The van der Waals surface area contributed by atoms with Gasteiger partial charge < -0.3 is 10.4 Å². The normalized spacial score (nSPS) is 30.4. The minimum absolute atomic E-state index is 0.00474. The molecule has 3 rings (SSSR count). The van der Waals surface area contributed by atoms with Crippen molar-refractivity contribution in [2.75, 3.05) is 5.32 Å². The van der Waals surface area contributed by atoms with E-state index in [9.17, 15) is 14.7 Å². The molecule has 20 heavy (non-hydrogen) atoms. The molecule has 0 saturated heterocycles. The maximum Gasteiger partial charge on any atom is 0.307 e. The molecule has 4 nitrogen and oxygen atoms in total. The molecule has 104 valence electrons. The first kappa shape index (κ1) is 12.9. The lowest BCUT2D eigenvalue weighted by Gasteiger charge is -2.24. The van der Waals surface area contributed by atoms with Crippen molar-refractivity contribution in [1.29, 1.82) is 0 Å². The van der Waals surface area contributed by atoms with Crippen LogP contribution in [0.25, 0.3) is 0 Å². The zero-order valence-corrected chi connectivity index (χ0v) is 11.2. The number of carboxylic acids is 1. The van der Waals surface area contributed by atoms with E-state index in [2.05, 4.69) is 5.32 Å². The molecule has 1 aromatic rings. The van der Waals surface area contributed by atoms with E-state index in [1.54, 1.807) is 0 Å². The average molecular weight is 271 g/mol. The maximum absolute atomic E-state index is 12.5. The van der Waals surface area contributed by atoms with E-state index in [1.165, 1.54) is 0 Å². The summed E-state index contributed by atoms with van der Waals surface area (Å²) < 4.78 is 0. The summed E-state index contributed by atoms with van der Waals surface area (Å²) in [7, 11) is 0. The van der Waals surface area contributed by atoms with Crippen LogP contribution >= 0.6 is 0 Å². The molecule has 0 aromatic heterocycles. The topological polar surface area (TPSA) is 66.4 Å². The molecule has 4 atom stereocenters. The van der Waals surface area contributed by atoms with Gasteiger partial charge in [0.05, 0.1) is 11.8 Å². The minimum atomic E-state index is -0.869. The fraction of sp³-hybridized carbons (Fsp3) is 0.375. The lowest BCUT2D eigenvalue weighted by Crippen LogP contribution is -2.36. The van der Waals surface area contributed by atoms with Crippen LogP contribution in [0, 0.1) is 30.6 Å². The van der Waals surface area contributed by atoms with Crippen LogP contribution in [-0.4, -0.2) is 17.0 Å². The number of carbonyl (C=O) groups is 2. The molecule has 1 fully saturated rings. The van der Waals surface area contributed by atoms with E-state index in [4.69, 9.17) is 0 Å². The summed E-state index contributed by atoms with van der Waals surface area (Å²) in [6.07, 6.45) is 4.72. The Morgan fingerprint density at radius 3 is 2.45 bits per heavy atom. The zero-order valence-electron chi connectivity index (χ0n) is 11.2. The molecular formula is C16H17NO3. The molecule has 0 unspecified atom stereocenters. The van der Waals surface area contributed by atoms with Crippen molar-refractivity contribution in [1.82, 2.24) is 0 Å². The summed E-state index contributed by atoms with van der Waals surface area (Å²) in [4.78, 5) is 23.9. The Morgan fingerprint density at radius 2 is 1.80 bits per heavy atom. The molecule has 2 aliphatic rings. The van der Waals surface area contributed by atoms with E-state index in [1.807, 2.05) is 43.3 Å². The molecular weight excluding hydrogens is 254 g/mol. The van der Waals surface area contributed by atoms with E-state index in [0.29, 0.717) is 0 Å². The number of amides is 1. The Kier molecular flexibility index (Phi) is 3.08. The van der Waals surface area contributed by atoms with Crippen LogP contribution in [0.1, 0.15) is 12.0 Å². The number of nitrogens with one attached hydrogen (secondary N) is 1. The van der Waals surface area contributed by atoms with Crippen molar-refractivity contribution in [2.24, 2.45) is 23.7 Å². The monoisotopic (exact) mass is 271 g/mol. The Hall–Kier alpha value is -2.10. The number of rotatable bonds is 3. The summed E-state index contributed by atoms with van der Waals surface area (Å²) >= 11 is 0. The second-order valence-corrected chi connectivity index (χ2v) is 5.64. The number of carbonyl (C=O) groups excluding carboxylic acids is 1. The number of carboxylic acid groups (broad SMARTS) is 1. The molecule has 1 aromatic carbocycles. The van der Waals surface area contributed by atoms with Crippen molar-refractivity contribution in [2.45, 2.75) is 13.3 Å². The predicted molar refractivity (Wildman–Crippen MR) is 75.2 cm³/mol. The highest BCUT2D eigenvalue weighted by molar-refractivity contribution is 5.96. The highest BCUT2D eigenvalue weighted by atomic mass is 16.4. The van der Waals surface area contributed by atoms with Crippen LogP contribution in [0.3, 0.4) is 0 Å². The molecule has 0 spiro atoms. The van der Waals surface area contributed by atoms with Gasteiger partial charge in [0.25, 0.3) is 0 Å². The zero-order chi connectivity index (χ0) is 14.3. The molecule has 0 radical (unpaired) electrons. The van der Waals surface area contributed by atoms with E-state index >= 15 is 0 Å². The first-order chi connectivity index (χ1) is 9.58. The van der Waals surface area contributed by atoms with Gasteiger partial charge in [-0.1, -0.05) is 30.4 Å². The van der Waals surface area contributed by atoms with Gasteiger partial charge in [-0.2, -0.15) is 0 Å². The molecule has 2 bridgehead atoms. The van der Waals surface area contributed by atoms with Crippen molar-refractivity contribution in [3.63, 3.8) is 0 Å². The third-order valence-corrected chi connectivity index (χ3v) is 4.45. The number of aryl methyl sites for hydroxylation is 1. The summed E-state index contributed by atoms with van der Waals surface area (Å²) in [5.74, 6) is -2.03. The van der Waals surface area contributed by atoms with E-state index in [-0.39, 0.29) is 17.7 Å². The fourth-order valence-electron chi connectivity index (χ4n) is 3.45. The summed E-state index contributed by atoms with van der Waals surface area (Å²) in [5.41, 5.74) is 1.74. The summed E-state index contributed by atoms with van der Waals surface area (Å²) in [6.45, 7) is 1.92. The Balaban J connectivity index is 1.82. The quantitative estimate of drug-likeness (QED) is 0.830. The number of benzene rings is 1. The number of fused-ring (bicyclic) bond motifs is 2. The maximum atomic E-state index is 12.5. The van der Waals surface area contributed by atoms with Crippen molar-refractivity contribution >= 4 is 17.6 Å². The molecule has 2 aliphatic carbocycles. The first-order valence-corrected chi connectivity index (χ1v) is 6.85. The molecule has 0 aliphatic heterocycles. The van der Waals surface area contributed by atoms with Crippen LogP contribution < -0.4 is 5.32 Å². The number of hydrogen-bond donors (Lipinski definition) is 2. The fourth-order valence-corrected chi connectivity index (χ4v) is 3.45. The largest absolute Gasteiger partial charge is 0.481 e. The number of para-hydroxylation sites is 1. The number of hydrogen-bond acceptors (Lipinski definition) is 2. The predicted octanol–water partition coefficient (Wildman–Crippen LogP) is 2.46. The Bertz CT molecular complexity index is 593. The van der Waals surface area contributed by atoms with Gasteiger partial charge >= 0.3 is 5.97 Å². The van der Waals surface area contributed by atoms with Crippen LogP contribution in [-0.2, 0) is 9.59 Å². The van der Waals surface area contributed by atoms with Gasteiger partial charge in [-0.3, -0.25) is 9.59 Å². The lowest BCUT2D eigenvalue weighted by atomic mass is 9.82. The van der Waals surface area contributed by atoms with Gasteiger partial charge in [-0.05, 0) is 36.8 Å². The second kappa shape index (κ2) is 4.78. The SMILES string of the molecule is Cc1ccccc1NC(=O)[C@@H]1[C@@H](C(=O)O)[C@@H]2C=C[C@H]1C2. The van der Waals surface area contributed by atoms with Crippen LogP contribution in [0.5, 0.6) is 0 Å². The van der Waals surface area contributed by atoms with Crippen LogP contribution in [0.4, 0.5) is 5.69 Å². The van der Waals surface area contributed by atoms with Crippen molar-refractivity contribution < 1.29 is 14.7 Å². The minimum Gasteiger partial charge on any atom is -0.481 e. The molecule has 4 heteroatoms. The van der Waals surface area contributed by atoms with Gasteiger partial charge in [-0.15, -0.1) is 0 Å². The van der Waals surface area contributed by atoms with Crippen LogP contribution in [0.15, 0.2) is 36.4 Å². The van der Waals surface area contributed by atoms with Gasteiger partial charge in [0.2, 0.25) is 5.91 Å². The van der Waals surface area contributed by atoms with Crippen LogP contribution in [0.2, 0.25) is 0 Å². The molecule has 2 N–H and O–H groups in total. The van der Waals surface area contributed by atoms with Gasteiger partial charge in [-0.25, -0.2) is 0 Å². The average Bonchev–Trinajstić information content (AvgIpc) is 3.01. The third-order valence-electron chi connectivity index (χ3n) is 4.45. The highest BCUT2D eigenvalue weighted by Gasteiger charge is 2.51. The summed E-state index contributed by atoms with van der Waals surface area (Å²) in [5, 5.41) is 12.2.